The van der Waals surface area contributed by atoms with Crippen LogP contribution in [0.5, 0.6) is 0 Å². The number of nitrogens with one attached hydrogen (secondary N) is 2. The number of fused-ring (bicyclic) bond motifs is 1. The SMILES string of the molecule is CC(C)NS(=O)(=O)c1cccc(C(=O)N2CC[C@@H]3CNC[C@@H]3CC2)c1. The Balaban J connectivity index is 1.75. The van der Waals surface area contributed by atoms with Crippen molar-refractivity contribution in [2.45, 2.75) is 37.6 Å². The molecule has 0 aromatic heterocycles. The van der Waals surface area contributed by atoms with Crippen molar-refractivity contribution in [2.75, 3.05) is 26.2 Å². The molecule has 138 valence electrons. The van der Waals surface area contributed by atoms with E-state index in [4.69, 9.17) is 0 Å². The topological polar surface area (TPSA) is 78.5 Å². The lowest BCUT2D eigenvalue weighted by atomic mass is 9.92. The fourth-order valence-electron chi connectivity index (χ4n) is 3.78. The van der Waals surface area contributed by atoms with Crippen LogP contribution in [0.1, 0.15) is 37.0 Å². The zero-order valence-corrected chi connectivity index (χ0v) is 15.7. The Morgan fingerprint density at radius 1 is 1.20 bits per heavy atom. The van der Waals surface area contributed by atoms with Crippen molar-refractivity contribution in [1.29, 1.82) is 0 Å². The number of carbonyl (C=O) groups is 1. The van der Waals surface area contributed by atoms with Crippen molar-refractivity contribution in [1.82, 2.24) is 14.9 Å². The fraction of sp³-hybridized carbons (Fsp3) is 0.611. The van der Waals surface area contributed by atoms with Crippen molar-refractivity contribution in [2.24, 2.45) is 11.8 Å². The van der Waals surface area contributed by atoms with Gasteiger partial charge in [-0.05, 0) is 69.8 Å². The van der Waals surface area contributed by atoms with Crippen molar-refractivity contribution in [3.8, 4) is 0 Å². The van der Waals surface area contributed by atoms with Crippen molar-refractivity contribution >= 4 is 15.9 Å². The number of hydrogen-bond donors (Lipinski definition) is 2. The Morgan fingerprint density at radius 2 is 1.84 bits per heavy atom. The normalized spacial score (nSPS) is 24.2. The highest BCUT2D eigenvalue weighted by atomic mass is 32.2. The lowest BCUT2D eigenvalue weighted by Crippen LogP contribution is -2.33. The highest BCUT2D eigenvalue weighted by molar-refractivity contribution is 7.89. The lowest BCUT2D eigenvalue weighted by molar-refractivity contribution is 0.0758. The Bertz CT molecular complexity index is 719. The molecule has 2 N–H and O–H groups in total. The Kier molecular flexibility index (Phi) is 5.46. The van der Waals surface area contributed by atoms with E-state index >= 15 is 0 Å². The van der Waals surface area contributed by atoms with Gasteiger partial charge in [0, 0.05) is 24.7 Å². The molecule has 2 heterocycles. The first kappa shape index (κ1) is 18.4. The molecule has 3 rings (SSSR count). The molecule has 2 aliphatic rings. The van der Waals surface area contributed by atoms with Gasteiger partial charge in [0.2, 0.25) is 10.0 Å². The molecule has 0 aliphatic carbocycles. The smallest absolute Gasteiger partial charge is 0.253 e. The maximum absolute atomic E-state index is 12.9. The van der Waals surface area contributed by atoms with Crippen LogP contribution in [0.3, 0.4) is 0 Å². The van der Waals surface area contributed by atoms with Crippen LogP contribution in [-0.4, -0.2) is 51.4 Å². The van der Waals surface area contributed by atoms with E-state index in [1.165, 1.54) is 12.1 Å². The largest absolute Gasteiger partial charge is 0.339 e. The number of nitrogens with zero attached hydrogens (tertiary/aromatic N) is 1. The summed E-state index contributed by atoms with van der Waals surface area (Å²) >= 11 is 0. The molecule has 0 bridgehead atoms. The van der Waals surface area contributed by atoms with Crippen LogP contribution in [0, 0.1) is 11.8 Å². The first-order chi connectivity index (χ1) is 11.9. The van der Waals surface area contributed by atoms with Gasteiger partial charge in [0.05, 0.1) is 4.90 Å². The van der Waals surface area contributed by atoms with Gasteiger partial charge in [0.25, 0.3) is 5.91 Å². The van der Waals surface area contributed by atoms with E-state index in [1.807, 2.05) is 4.90 Å². The van der Waals surface area contributed by atoms with Gasteiger partial charge < -0.3 is 10.2 Å². The van der Waals surface area contributed by atoms with E-state index in [9.17, 15) is 13.2 Å². The van der Waals surface area contributed by atoms with Crippen LogP contribution in [0.25, 0.3) is 0 Å². The highest BCUT2D eigenvalue weighted by Crippen LogP contribution is 2.27. The summed E-state index contributed by atoms with van der Waals surface area (Å²) < 4.78 is 27.2. The number of hydrogen-bond acceptors (Lipinski definition) is 4. The standard InChI is InChI=1S/C18H27N3O3S/c1-13(2)20-25(23,24)17-5-3-4-14(10-17)18(22)21-8-6-15-11-19-12-16(15)7-9-21/h3-5,10,13,15-16,19-20H,6-9,11-12H2,1-2H3/t15-,16+. The predicted octanol–water partition coefficient (Wildman–Crippen LogP) is 1.44. The molecule has 6 nitrogen and oxygen atoms in total. The van der Waals surface area contributed by atoms with Gasteiger partial charge in [-0.15, -0.1) is 0 Å². The van der Waals surface area contributed by atoms with E-state index in [2.05, 4.69) is 10.0 Å². The van der Waals surface area contributed by atoms with Gasteiger partial charge in [-0.1, -0.05) is 6.07 Å². The number of rotatable bonds is 4. The second-order valence-corrected chi connectivity index (χ2v) is 9.07. The van der Waals surface area contributed by atoms with Gasteiger partial charge in [-0.2, -0.15) is 0 Å². The minimum absolute atomic E-state index is 0.0745. The van der Waals surface area contributed by atoms with E-state index in [-0.39, 0.29) is 16.8 Å². The number of sulfonamides is 1. The molecule has 25 heavy (non-hydrogen) atoms. The molecule has 0 unspecified atom stereocenters. The summed E-state index contributed by atoms with van der Waals surface area (Å²) in [4.78, 5) is 14.9. The maximum Gasteiger partial charge on any atom is 0.253 e. The monoisotopic (exact) mass is 365 g/mol. The van der Waals surface area contributed by atoms with Crippen LogP contribution in [0.15, 0.2) is 29.2 Å². The quantitative estimate of drug-likeness (QED) is 0.846. The zero-order chi connectivity index (χ0) is 18.0. The van der Waals surface area contributed by atoms with Crippen molar-refractivity contribution in [3.05, 3.63) is 29.8 Å². The third-order valence-electron chi connectivity index (χ3n) is 5.09. The molecule has 0 saturated carbocycles. The summed E-state index contributed by atoms with van der Waals surface area (Å²) in [7, 11) is -3.59. The summed E-state index contributed by atoms with van der Waals surface area (Å²) in [5, 5.41) is 3.43. The summed E-state index contributed by atoms with van der Waals surface area (Å²) in [6.45, 7) is 7.11. The van der Waals surface area contributed by atoms with Crippen molar-refractivity contribution < 1.29 is 13.2 Å². The second-order valence-electron chi connectivity index (χ2n) is 7.35. The fourth-order valence-corrected chi connectivity index (χ4v) is 5.07. The number of benzene rings is 1. The average Bonchev–Trinajstić information content (AvgIpc) is 2.92. The molecular weight excluding hydrogens is 338 g/mol. The summed E-state index contributed by atoms with van der Waals surface area (Å²) in [6.07, 6.45) is 2.02. The first-order valence-electron chi connectivity index (χ1n) is 8.99. The lowest BCUT2D eigenvalue weighted by Gasteiger charge is -2.21. The molecule has 0 radical (unpaired) electrons. The Hall–Kier alpha value is -1.44. The van der Waals surface area contributed by atoms with E-state index in [0.717, 1.165) is 39.0 Å². The molecule has 1 aromatic rings. The van der Waals surface area contributed by atoms with Crippen LogP contribution < -0.4 is 10.0 Å². The maximum atomic E-state index is 12.9. The third kappa shape index (κ3) is 4.22. The van der Waals surface area contributed by atoms with Crippen molar-refractivity contribution in [3.63, 3.8) is 0 Å². The predicted molar refractivity (Wildman–Crippen MR) is 96.9 cm³/mol. The second kappa shape index (κ2) is 7.43. The number of carbonyl (C=O) groups excluding carboxylic acids is 1. The van der Waals surface area contributed by atoms with E-state index in [0.29, 0.717) is 17.4 Å². The van der Waals surface area contributed by atoms with Gasteiger partial charge in [-0.3, -0.25) is 4.79 Å². The van der Waals surface area contributed by atoms with Gasteiger partial charge in [0.1, 0.15) is 0 Å². The number of likely N-dealkylation sites (tertiary alicyclic amines) is 1. The molecule has 7 heteroatoms. The molecule has 2 aliphatic heterocycles. The number of amides is 1. The summed E-state index contributed by atoms with van der Waals surface area (Å²) in [5.41, 5.74) is 0.441. The minimum Gasteiger partial charge on any atom is -0.339 e. The Morgan fingerprint density at radius 3 is 2.44 bits per heavy atom. The van der Waals surface area contributed by atoms with Crippen LogP contribution >= 0.6 is 0 Å². The summed E-state index contributed by atoms with van der Waals surface area (Å²) in [5.74, 6) is 1.23. The molecule has 1 aromatic carbocycles. The third-order valence-corrected chi connectivity index (χ3v) is 6.74. The minimum atomic E-state index is -3.59. The average molecular weight is 365 g/mol. The van der Waals surface area contributed by atoms with Gasteiger partial charge >= 0.3 is 0 Å². The van der Waals surface area contributed by atoms with Gasteiger partial charge in [0.15, 0.2) is 0 Å². The van der Waals surface area contributed by atoms with Crippen LogP contribution in [-0.2, 0) is 10.0 Å². The molecular formula is C18H27N3O3S. The van der Waals surface area contributed by atoms with E-state index in [1.54, 1.807) is 26.0 Å². The Labute approximate surface area is 150 Å². The zero-order valence-electron chi connectivity index (χ0n) is 14.9. The van der Waals surface area contributed by atoms with E-state index < -0.39 is 10.0 Å². The highest BCUT2D eigenvalue weighted by Gasteiger charge is 2.31. The molecule has 0 spiro atoms. The molecule has 2 atom stereocenters. The summed E-state index contributed by atoms with van der Waals surface area (Å²) in [6, 6.07) is 6.16. The van der Waals surface area contributed by atoms with Gasteiger partial charge in [-0.25, -0.2) is 13.1 Å². The van der Waals surface area contributed by atoms with Crippen LogP contribution in [0.2, 0.25) is 0 Å². The molecule has 1 amide bonds. The molecule has 2 fully saturated rings. The van der Waals surface area contributed by atoms with Crippen LogP contribution in [0.4, 0.5) is 0 Å². The first-order valence-corrected chi connectivity index (χ1v) is 10.5. The molecule has 2 saturated heterocycles.